The summed E-state index contributed by atoms with van der Waals surface area (Å²) in [5, 5.41) is 2.78. The Hall–Kier alpha value is -2.90. The van der Waals surface area contributed by atoms with Crippen LogP contribution >= 0.6 is 0 Å². The first-order valence-electron chi connectivity index (χ1n) is 9.51. The summed E-state index contributed by atoms with van der Waals surface area (Å²) in [5.41, 5.74) is 5.44. The quantitative estimate of drug-likeness (QED) is 0.639. The predicted octanol–water partition coefficient (Wildman–Crippen LogP) is 4.32. The molecule has 4 heteroatoms. The zero-order valence-corrected chi connectivity index (χ0v) is 17.3. The lowest BCUT2D eigenvalue weighted by atomic mass is 9.89. The van der Waals surface area contributed by atoms with Gasteiger partial charge in [0.15, 0.2) is 0 Å². The molecule has 0 aromatic heterocycles. The van der Waals surface area contributed by atoms with Crippen LogP contribution in [0.3, 0.4) is 0 Å². The number of amides is 1. The number of hydrogen-bond donors (Lipinski definition) is 1. The molecule has 0 fully saturated rings. The molecule has 0 heterocycles. The number of aryl methyl sites for hydroxylation is 1. The Morgan fingerprint density at radius 1 is 1.18 bits per heavy atom. The minimum atomic E-state index is -0.0997. The molecule has 28 heavy (non-hydrogen) atoms. The minimum Gasteiger partial charge on any atom is -0.326 e. The maximum atomic E-state index is 11.9. The van der Waals surface area contributed by atoms with Gasteiger partial charge in [-0.25, -0.2) is 0 Å². The van der Waals surface area contributed by atoms with E-state index < -0.39 is 0 Å². The number of rotatable bonds is 4. The maximum absolute atomic E-state index is 11.9. The molecule has 0 aliphatic heterocycles. The van der Waals surface area contributed by atoms with Gasteiger partial charge >= 0.3 is 0 Å². The normalized spacial score (nSPS) is 11.7. The van der Waals surface area contributed by atoms with Crippen LogP contribution in [0, 0.1) is 18.8 Å². The average Bonchev–Trinajstić information content (AvgIpc) is 2.61. The average molecular weight is 377 g/mol. The number of carbonyl (C=O) groups excluding carboxylic acids is 2. The highest BCUT2D eigenvalue weighted by atomic mass is 16.1. The third kappa shape index (κ3) is 5.80. The second-order valence-corrected chi connectivity index (χ2v) is 7.20. The number of anilines is 1. The number of carbonyl (C=O) groups is 2. The molecule has 0 atom stereocenters. The molecule has 146 valence electrons. The third-order valence-corrected chi connectivity index (χ3v) is 4.31. The minimum absolute atomic E-state index is 0.0976. The Bertz CT molecular complexity index is 933. The van der Waals surface area contributed by atoms with E-state index in [1.54, 1.807) is 0 Å². The summed E-state index contributed by atoms with van der Waals surface area (Å²) in [6.07, 6.45) is 1.86. The first-order chi connectivity index (χ1) is 13.3. The molecule has 0 saturated carbocycles. The lowest BCUT2D eigenvalue weighted by molar-refractivity contribution is -0.114. The van der Waals surface area contributed by atoms with Crippen LogP contribution in [0.2, 0.25) is 0 Å². The van der Waals surface area contributed by atoms with E-state index in [1.807, 2.05) is 43.3 Å². The summed E-state index contributed by atoms with van der Waals surface area (Å²) in [6.45, 7) is 6.81. The van der Waals surface area contributed by atoms with E-state index in [0.717, 1.165) is 33.5 Å². The molecule has 4 nitrogen and oxygen atoms in total. The highest BCUT2D eigenvalue weighted by molar-refractivity contribution is 6.12. The Morgan fingerprint density at radius 2 is 1.93 bits per heavy atom. The van der Waals surface area contributed by atoms with Gasteiger partial charge in [0.25, 0.3) is 0 Å². The number of nitrogens with one attached hydrogen (secondary N) is 1. The van der Waals surface area contributed by atoms with Crippen LogP contribution in [0.5, 0.6) is 0 Å². The Kier molecular flexibility index (Phi) is 7.54. The van der Waals surface area contributed by atoms with Crippen molar-refractivity contribution in [1.82, 2.24) is 4.90 Å². The molecule has 0 unspecified atom stereocenters. The van der Waals surface area contributed by atoms with Crippen LogP contribution in [-0.4, -0.2) is 37.2 Å². The lowest BCUT2D eigenvalue weighted by Crippen LogP contribution is -2.11. The molecule has 2 aromatic carbocycles. The predicted molar refractivity (Wildman–Crippen MR) is 116 cm³/mol. The van der Waals surface area contributed by atoms with Gasteiger partial charge in [-0.1, -0.05) is 31.0 Å². The van der Waals surface area contributed by atoms with Crippen molar-refractivity contribution >= 4 is 17.4 Å². The summed E-state index contributed by atoms with van der Waals surface area (Å²) in [5.74, 6) is 5.31. The number of benzene rings is 2. The Morgan fingerprint density at radius 3 is 2.54 bits per heavy atom. The molecule has 1 aliphatic rings. The van der Waals surface area contributed by atoms with Crippen molar-refractivity contribution in [2.24, 2.45) is 0 Å². The number of Topliss-reactive ketones (excluding diaryl/α,β-unsaturated/α-hetero) is 1. The third-order valence-electron chi connectivity index (χ3n) is 4.31. The van der Waals surface area contributed by atoms with Gasteiger partial charge in [-0.2, -0.15) is 0 Å². The number of ketones is 1. The summed E-state index contributed by atoms with van der Waals surface area (Å²) < 4.78 is 0. The molecule has 0 bridgehead atoms. The van der Waals surface area contributed by atoms with Crippen LogP contribution in [0.25, 0.3) is 11.1 Å². The zero-order chi connectivity index (χ0) is 20.7. The maximum Gasteiger partial charge on any atom is 0.236 e. The monoisotopic (exact) mass is 376 g/mol. The Labute approximate surface area is 167 Å². The molecular formula is C24H28N2O2. The number of fused-ring (bicyclic) bond motifs is 1. The second kappa shape index (κ2) is 9.87. The van der Waals surface area contributed by atoms with E-state index in [4.69, 9.17) is 0 Å². The molecule has 1 aliphatic carbocycles. The van der Waals surface area contributed by atoms with Crippen LogP contribution in [0.15, 0.2) is 36.4 Å². The highest BCUT2D eigenvalue weighted by Gasteiger charge is 2.17. The van der Waals surface area contributed by atoms with E-state index in [-0.39, 0.29) is 11.7 Å². The molecule has 0 saturated heterocycles. The topological polar surface area (TPSA) is 49.4 Å². The zero-order valence-electron chi connectivity index (χ0n) is 17.3. The van der Waals surface area contributed by atoms with E-state index in [9.17, 15) is 9.59 Å². The van der Waals surface area contributed by atoms with Crippen LogP contribution in [0.1, 0.15) is 41.8 Å². The molecule has 2 aromatic rings. The van der Waals surface area contributed by atoms with Crippen molar-refractivity contribution in [1.29, 1.82) is 0 Å². The lowest BCUT2D eigenvalue weighted by Gasteiger charge is -2.14. The van der Waals surface area contributed by atoms with Crippen LogP contribution < -0.4 is 5.32 Å². The summed E-state index contributed by atoms with van der Waals surface area (Å²) in [7, 11) is 4.17. The fraction of sp³-hybridized carbons (Fsp3) is 0.333. The molecule has 0 radical (unpaired) electrons. The number of hydrogen-bond acceptors (Lipinski definition) is 3. The SMILES string of the molecule is CC(=O)Nc1cccc(-c2cc(C)c3c(c2)CC#CC3=O)c1.CCCN(C)C. The van der Waals surface area contributed by atoms with Gasteiger partial charge in [-0.15, -0.1) is 0 Å². The van der Waals surface area contributed by atoms with Gasteiger partial charge < -0.3 is 10.2 Å². The standard InChI is InChI=1S/C19H15NO2.C5H13N/c1-12-9-16(10-15-6-4-8-18(22)19(12)15)14-5-3-7-17(11-14)20-13(2)21;1-4-5-6(2)3/h3,5,7,9-11H,6H2,1-2H3,(H,20,21);4-5H2,1-3H3. The molecule has 3 rings (SSSR count). The van der Waals surface area contributed by atoms with E-state index in [0.29, 0.717) is 6.42 Å². The van der Waals surface area contributed by atoms with Gasteiger partial charge in [-0.05, 0) is 80.4 Å². The largest absolute Gasteiger partial charge is 0.326 e. The molecule has 1 N–H and O–H groups in total. The van der Waals surface area contributed by atoms with Crippen molar-refractivity contribution in [2.45, 2.75) is 33.6 Å². The van der Waals surface area contributed by atoms with Gasteiger partial charge in [-0.3, -0.25) is 9.59 Å². The first kappa shape index (κ1) is 21.4. The van der Waals surface area contributed by atoms with Crippen molar-refractivity contribution in [3.05, 3.63) is 53.1 Å². The second-order valence-electron chi connectivity index (χ2n) is 7.20. The van der Waals surface area contributed by atoms with Gasteiger partial charge in [0, 0.05) is 24.6 Å². The van der Waals surface area contributed by atoms with Gasteiger partial charge in [0.05, 0.1) is 0 Å². The van der Waals surface area contributed by atoms with Crippen molar-refractivity contribution in [2.75, 3.05) is 26.0 Å². The van der Waals surface area contributed by atoms with E-state index in [1.165, 1.54) is 19.9 Å². The van der Waals surface area contributed by atoms with Crippen LogP contribution in [-0.2, 0) is 11.2 Å². The number of nitrogens with zero attached hydrogens (tertiary/aromatic N) is 1. The van der Waals surface area contributed by atoms with Crippen molar-refractivity contribution < 1.29 is 9.59 Å². The van der Waals surface area contributed by atoms with E-state index >= 15 is 0 Å². The van der Waals surface area contributed by atoms with Gasteiger partial charge in [0.1, 0.15) is 0 Å². The van der Waals surface area contributed by atoms with Crippen molar-refractivity contribution in [3.63, 3.8) is 0 Å². The van der Waals surface area contributed by atoms with E-state index in [2.05, 4.69) is 43.1 Å². The fourth-order valence-electron chi connectivity index (χ4n) is 3.20. The van der Waals surface area contributed by atoms with Gasteiger partial charge in [0.2, 0.25) is 11.7 Å². The summed E-state index contributed by atoms with van der Waals surface area (Å²) in [4.78, 5) is 25.3. The molecule has 1 amide bonds. The summed E-state index contributed by atoms with van der Waals surface area (Å²) in [6, 6.07) is 11.7. The molecule has 0 spiro atoms. The highest BCUT2D eigenvalue weighted by Crippen LogP contribution is 2.29. The Balaban J connectivity index is 0.000000409. The van der Waals surface area contributed by atoms with Crippen molar-refractivity contribution in [3.8, 4) is 23.0 Å². The fourth-order valence-corrected chi connectivity index (χ4v) is 3.20. The summed E-state index contributed by atoms with van der Waals surface area (Å²) >= 11 is 0. The first-order valence-corrected chi connectivity index (χ1v) is 9.51. The molecular weight excluding hydrogens is 348 g/mol. The van der Waals surface area contributed by atoms with Crippen LogP contribution in [0.4, 0.5) is 5.69 Å². The smallest absolute Gasteiger partial charge is 0.236 e.